The molecule has 2 aromatic heterocycles. The van der Waals surface area contributed by atoms with Crippen molar-refractivity contribution in [3.05, 3.63) is 63.7 Å². The molecule has 0 bridgehead atoms. The van der Waals surface area contributed by atoms with Crippen LogP contribution in [0, 0.1) is 0 Å². The van der Waals surface area contributed by atoms with Gasteiger partial charge in [0.05, 0.1) is 15.9 Å². The number of hydrogen-bond donors (Lipinski definition) is 1. The first-order valence-electron chi connectivity index (χ1n) is 9.54. The Morgan fingerprint density at radius 3 is 2.67 bits per heavy atom. The SMILES string of the molecule is Cn1c(=NC(=O)CS(=O)(=O)CC(=O)Nc2nc(-c3ccccc3)cs2)sc2cc(Cl)ccc21. The molecule has 4 rings (SSSR count). The van der Waals surface area contributed by atoms with E-state index in [2.05, 4.69) is 15.3 Å². The fourth-order valence-corrected chi connectivity index (χ4v) is 6.08. The Hall–Kier alpha value is -2.86. The number of halogens is 1. The van der Waals surface area contributed by atoms with Crippen molar-refractivity contribution in [2.24, 2.45) is 12.0 Å². The number of rotatable bonds is 6. The number of sulfone groups is 1. The van der Waals surface area contributed by atoms with E-state index in [1.807, 2.05) is 30.3 Å². The molecule has 12 heteroatoms. The first-order chi connectivity index (χ1) is 15.7. The standard InChI is InChI=1S/C21H17ClN4O4S3/c1-26-16-8-7-14(22)9-17(16)32-21(26)25-19(28)12-33(29,30)11-18(27)24-20-23-15(10-31-20)13-5-3-2-4-6-13/h2-10H,11-12H2,1H3,(H,23,24,27). The van der Waals surface area contributed by atoms with Gasteiger partial charge in [0.25, 0.3) is 5.91 Å². The summed E-state index contributed by atoms with van der Waals surface area (Å²) in [5.74, 6) is -3.33. The van der Waals surface area contributed by atoms with Crippen molar-refractivity contribution in [1.29, 1.82) is 0 Å². The third-order valence-corrected chi connectivity index (χ3v) is 7.98. The maximum Gasteiger partial charge on any atom is 0.263 e. The van der Waals surface area contributed by atoms with Gasteiger partial charge < -0.3 is 9.88 Å². The molecule has 2 amide bonds. The van der Waals surface area contributed by atoms with Gasteiger partial charge in [-0.2, -0.15) is 4.99 Å². The maximum atomic E-state index is 12.4. The van der Waals surface area contributed by atoms with Crippen LogP contribution < -0.4 is 10.1 Å². The lowest BCUT2D eigenvalue weighted by Crippen LogP contribution is -2.28. The molecule has 2 aromatic carbocycles. The fourth-order valence-electron chi connectivity index (χ4n) is 3.02. The van der Waals surface area contributed by atoms with Gasteiger partial charge in [0.15, 0.2) is 19.8 Å². The molecule has 0 radical (unpaired) electrons. The van der Waals surface area contributed by atoms with Crippen molar-refractivity contribution in [2.45, 2.75) is 0 Å². The van der Waals surface area contributed by atoms with Crippen LogP contribution in [0.25, 0.3) is 21.5 Å². The van der Waals surface area contributed by atoms with Crippen LogP contribution in [-0.4, -0.2) is 41.3 Å². The normalized spacial score (nSPS) is 12.2. The average Bonchev–Trinajstić information content (AvgIpc) is 3.32. The summed E-state index contributed by atoms with van der Waals surface area (Å²) in [5, 5.41) is 5.07. The summed E-state index contributed by atoms with van der Waals surface area (Å²) in [4.78, 5) is 33.1. The van der Waals surface area contributed by atoms with Crippen molar-refractivity contribution in [3.63, 3.8) is 0 Å². The Bertz CT molecular complexity index is 1520. The molecule has 8 nitrogen and oxygen atoms in total. The van der Waals surface area contributed by atoms with Gasteiger partial charge in [-0.15, -0.1) is 11.3 Å². The van der Waals surface area contributed by atoms with Crippen LogP contribution in [-0.2, 0) is 26.5 Å². The Morgan fingerprint density at radius 2 is 1.91 bits per heavy atom. The number of carbonyl (C=O) groups is 2. The molecule has 1 N–H and O–H groups in total. The largest absolute Gasteiger partial charge is 0.319 e. The smallest absolute Gasteiger partial charge is 0.263 e. The van der Waals surface area contributed by atoms with E-state index in [9.17, 15) is 18.0 Å². The fraction of sp³-hybridized carbons (Fsp3) is 0.143. The minimum atomic E-state index is -4.02. The Labute approximate surface area is 202 Å². The summed E-state index contributed by atoms with van der Waals surface area (Å²) in [6.07, 6.45) is 0. The predicted octanol–water partition coefficient (Wildman–Crippen LogP) is 3.50. The number of nitrogens with one attached hydrogen (secondary N) is 1. The highest BCUT2D eigenvalue weighted by atomic mass is 35.5. The molecule has 170 valence electrons. The van der Waals surface area contributed by atoms with Crippen molar-refractivity contribution in [2.75, 3.05) is 16.8 Å². The van der Waals surface area contributed by atoms with Gasteiger partial charge in [-0.3, -0.25) is 9.59 Å². The highest BCUT2D eigenvalue weighted by Crippen LogP contribution is 2.24. The summed E-state index contributed by atoms with van der Waals surface area (Å²) < 4.78 is 27.3. The first-order valence-corrected chi connectivity index (χ1v) is 13.4. The third kappa shape index (κ3) is 5.74. The lowest BCUT2D eigenvalue weighted by molar-refractivity contribution is -0.115. The zero-order valence-corrected chi connectivity index (χ0v) is 20.4. The summed E-state index contributed by atoms with van der Waals surface area (Å²) in [6, 6.07) is 14.6. The van der Waals surface area contributed by atoms with E-state index in [1.165, 1.54) is 22.7 Å². The quantitative estimate of drug-likeness (QED) is 0.418. The number of nitrogens with zero attached hydrogens (tertiary/aromatic N) is 3. The van der Waals surface area contributed by atoms with Crippen LogP contribution in [0.4, 0.5) is 5.13 Å². The Morgan fingerprint density at radius 1 is 1.15 bits per heavy atom. The zero-order chi connectivity index (χ0) is 23.6. The Kier molecular flexibility index (Phi) is 6.75. The van der Waals surface area contributed by atoms with E-state index < -0.39 is 33.2 Å². The molecule has 2 heterocycles. The van der Waals surface area contributed by atoms with E-state index in [1.54, 1.807) is 35.2 Å². The van der Waals surface area contributed by atoms with E-state index in [4.69, 9.17) is 11.6 Å². The second-order valence-electron chi connectivity index (χ2n) is 7.05. The Balaban J connectivity index is 1.41. The van der Waals surface area contributed by atoms with Crippen molar-refractivity contribution < 1.29 is 18.0 Å². The lowest BCUT2D eigenvalue weighted by atomic mass is 10.2. The maximum absolute atomic E-state index is 12.4. The first kappa shape index (κ1) is 23.3. The number of thiazole rings is 2. The third-order valence-electron chi connectivity index (χ3n) is 4.51. The molecular weight excluding hydrogens is 504 g/mol. The van der Waals surface area contributed by atoms with Crippen LogP contribution in [0.3, 0.4) is 0 Å². The number of fused-ring (bicyclic) bond motifs is 1. The van der Waals surface area contributed by atoms with Gasteiger partial charge >= 0.3 is 0 Å². The number of benzene rings is 2. The molecular formula is C21H17ClN4O4S3. The summed E-state index contributed by atoms with van der Waals surface area (Å²) in [7, 11) is -2.30. The molecule has 0 aliphatic heterocycles. The minimum Gasteiger partial charge on any atom is -0.319 e. The molecule has 0 atom stereocenters. The molecule has 33 heavy (non-hydrogen) atoms. The van der Waals surface area contributed by atoms with Gasteiger partial charge in [0, 0.05) is 23.0 Å². The number of amides is 2. The number of anilines is 1. The molecule has 0 unspecified atom stereocenters. The second kappa shape index (κ2) is 9.56. The molecule has 0 aliphatic rings. The predicted molar refractivity (Wildman–Crippen MR) is 131 cm³/mol. The summed E-state index contributed by atoms with van der Waals surface area (Å²) >= 11 is 8.39. The van der Waals surface area contributed by atoms with E-state index in [0.717, 1.165) is 15.8 Å². The number of aromatic nitrogens is 2. The van der Waals surface area contributed by atoms with Crippen LogP contribution >= 0.6 is 34.3 Å². The molecule has 0 saturated carbocycles. The van der Waals surface area contributed by atoms with Gasteiger partial charge in [-0.05, 0) is 18.2 Å². The molecule has 0 spiro atoms. The van der Waals surface area contributed by atoms with E-state index in [0.29, 0.717) is 15.5 Å². The van der Waals surface area contributed by atoms with Gasteiger partial charge in [-0.1, -0.05) is 53.3 Å². The lowest BCUT2D eigenvalue weighted by Gasteiger charge is -2.02. The van der Waals surface area contributed by atoms with Crippen LogP contribution in [0.15, 0.2) is 58.9 Å². The highest BCUT2D eigenvalue weighted by Gasteiger charge is 2.22. The number of aryl methyl sites for hydroxylation is 1. The highest BCUT2D eigenvalue weighted by molar-refractivity contribution is 7.92. The minimum absolute atomic E-state index is 0.279. The van der Waals surface area contributed by atoms with Crippen LogP contribution in [0.5, 0.6) is 0 Å². The van der Waals surface area contributed by atoms with Crippen molar-refractivity contribution in [3.8, 4) is 11.3 Å². The van der Waals surface area contributed by atoms with E-state index >= 15 is 0 Å². The zero-order valence-electron chi connectivity index (χ0n) is 17.2. The molecule has 0 aliphatic carbocycles. The monoisotopic (exact) mass is 520 g/mol. The van der Waals surface area contributed by atoms with Gasteiger partial charge in [-0.25, -0.2) is 13.4 Å². The average molecular weight is 521 g/mol. The summed E-state index contributed by atoms with van der Waals surface area (Å²) in [5.41, 5.74) is 2.37. The molecule has 0 fully saturated rings. The molecule has 0 saturated heterocycles. The van der Waals surface area contributed by atoms with Gasteiger partial charge in [0.2, 0.25) is 5.91 Å². The molecule has 4 aromatic rings. The number of carbonyl (C=O) groups excluding carboxylic acids is 2. The van der Waals surface area contributed by atoms with Crippen molar-refractivity contribution in [1.82, 2.24) is 9.55 Å². The van der Waals surface area contributed by atoms with Crippen molar-refractivity contribution >= 4 is 71.3 Å². The number of hydrogen-bond acceptors (Lipinski definition) is 7. The second-order valence-corrected chi connectivity index (χ2v) is 11.4. The van der Waals surface area contributed by atoms with Crippen LogP contribution in [0.2, 0.25) is 5.02 Å². The van der Waals surface area contributed by atoms with E-state index in [-0.39, 0.29) is 5.13 Å². The topological polar surface area (TPSA) is 110 Å². The summed E-state index contributed by atoms with van der Waals surface area (Å²) in [6.45, 7) is 0. The van der Waals surface area contributed by atoms with Crippen LogP contribution in [0.1, 0.15) is 0 Å². The van der Waals surface area contributed by atoms with Gasteiger partial charge in [0.1, 0.15) is 11.5 Å².